The number of aryl methyl sites for hydroxylation is 4. The fraction of sp³-hybridized carbons (Fsp3) is 0.500. The van der Waals surface area contributed by atoms with Crippen molar-refractivity contribution in [3.63, 3.8) is 0 Å². The third kappa shape index (κ3) is 10.9. The molecule has 8 rings (SSSR count). The molecule has 0 unspecified atom stereocenters. The van der Waals surface area contributed by atoms with E-state index in [0.29, 0.717) is 23.7 Å². The molecule has 0 N–H and O–H groups in total. The number of fused-ring (bicyclic) bond motifs is 4. The summed E-state index contributed by atoms with van der Waals surface area (Å²) >= 11 is 0. The maximum absolute atomic E-state index is 5.61. The minimum absolute atomic E-state index is 0.534. The first-order valence-corrected chi connectivity index (χ1v) is 20.0. The van der Waals surface area contributed by atoms with Gasteiger partial charge in [0.05, 0.1) is 19.8 Å². The van der Waals surface area contributed by atoms with E-state index < -0.39 is 0 Å². The Balaban J connectivity index is 0.000000132. The molecule has 2 heterocycles. The third-order valence-corrected chi connectivity index (χ3v) is 10.7. The van der Waals surface area contributed by atoms with Gasteiger partial charge in [0, 0.05) is 12.8 Å². The summed E-state index contributed by atoms with van der Waals surface area (Å²) in [5.41, 5.74) is 13.4. The minimum atomic E-state index is 0.534. The van der Waals surface area contributed by atoms with E-state index in [9.17, 15) is 0 Å². The first-order chi connectivity index (χ1) is 24.6. The van der Waals surface area contributed by atoms with Crippen LogP contribution in [0.2, 0.25) is 0 Å². The highest BCUT2D eigenvalue weighted by molar-refractivity contribution is 5.44. The fourth-order valence-electron chi connectivity index (χ4n) is 7.14. The summed E-state index contributed by atoms with van der Waals surface area (Å²) in [6.45, 7) is 20.2. The molecule has 0 saturated heterocycles. The predicted octanol–water partition coefficient (Wildman–Crippen LogP) is 12.7. The molecule has 2 aliphatic heterocycles. The van der Waals surface area contributed by atoms with Crippen LogP contribution in [0.4, 0.5) is 0 Å². The van der Waals surface area contributed by atoms with Crippen LogP contribution in [0.15, 0.2) is 72.8 Å². The topological polar surface area (TPSA) is 27.7 Å². The van der Waals surface area contributed by atoms with Gasteiger partial charge in [0.15, 0.2) is 11.5 Å². The summed E-state index contributed by atoms with van der Waals surface area (Å²) in [5.74, 6) is 5.36. The smallest absolute Gasteiger partial charge is 0.161 e. The molecular weight excluding hydrogens is 625 g/mol. The number of rotatable bonds is 4. The van der Waals surface area contributed by atoms with Crippen LogP contribution in [-0.4, -0.2) is 19.8 Å². The molecular formula is C48H64O3. The summed E-state index contributed by atoms with van der Waals surface area (Å²) in [5, 5.41) is 0. The van der Waals surface area contributed by atoms with E-state index in [1.807, 2.05) is 6.07 Å². The molecule has 0 radical (unpaired) electrons. The Labute approximate surface area is 310 Å². The second-order valence-electron chi connectivity index (χ2n) is 16.0. The maximum atomic E-state index is 5.61. The highest BCUT2D eigenvalue weighted by atomic mass is 16.5. The Morgan fingerprint density at radius 1 is 0.333 bits per heavy atom. The summed E-state index contributed by atoms with van der Waals surface area (Å²) in [7, 11) is 0. The van der Waals surface area contributed by atoms with Crippen LogP contribution in [0.3, 0.4) is 0 Å². The van der Waals surface area contributed by atoms with E-state index in [1.165, 1.54) is 72.8 Å². The van der Waals surface area contributed by atoms with Crippen molar-refractivity contribution in [2.24, 2.45) is 0 Å². The van der Waals surface area contributed by atoms with Gasteiger partial charge in [-0.15, -0.1) is 0 Å². The van der Waals surface area contributed by atoms with Crippen LogP contribution in [-0.2, 0) is 32.1 Å². The molecule has 0 bridgehead atoms. The van der Waals surface area contributed by atoms with Crippen LogP contribution in [0.25, 0.3) is 0 Å². The molecule has 3 heteroatoms. The lowest BCUT2D eigenvalue weighted by molar-refractivity contribution is 0.297. The zero-order valence-corrected chi connectivity index (χ0v) is 32.9. The molecule has 3 nitrogen and oxygen atoms in total. The van der Waals surface area contributed by atoms with E-state index in [2.05, 4.69) is 122 Å². The summed E-state index contributed by atoms with van der Waals surface area (Å²) in [4.78, 5) is 0. The van der Waals surface area contributed by atoms with E-state index in [1.54, 1.807) is 22.3 Å². The van der Waals surface area contributed by atoms with Gasteiger partial charge < -0.3 is 14.2 Å². The molecule has 4 aromatic rings. The van der Waals surface area contributed by atoms with Crippen LogP contribution >= 0.6 is 0 Å². The number of benzene rings is 4. The Kier molecular flexibility index (Phi) is 14.1. The molecule has 51 heavy (non-hydrogen) atoms. The first kappa shape index (κ1) is 38.5. The van der Waals surface area contributed by atoms with Crippen molar-refractivity contribution >= 4 is 0 Å². The fourth-order valence-corrected chi connectivity index (χ4v) is 7.14. The maximum Gasteiger partial charge on any atom is 0.161 e. The zero-order valence-electron chi connectivity index (χ0n) is 32.9. The second-order valence-corrected chi connectivity index (χ2v) is 16.0. The molecule has 0 fully saturated rings. The van der Waals surface area contributed by atoms with Crippen molar-refractivity contribution in [2.45, 2.75) is 137 Å². The Bertz CT molecular complexity index is 1630. The summed E-state index contributed by atoms with van der Waals surface area (Å²) < 4.78 is 16.7. The van der Waals surface area contributed by atoms with Gasteiger partial charge in [0.25, 0.3) is 0 Å². The van der Waals surface area contributed by atoms with Gasteiger partial charge in [0.1, 0.15) is 5.75 Å². The Morgan fingerprint density at radius 2 is 0.745 bits per heavy atom. The largest absolute Gasteiger partial charge is 0.493 e. The highest BCUT2D eigenvalue weighted by Gasteiger charge is 2.14. The van der Waals surface area contributed by atoms with Crippen LogP contribution < -0.4 is 14.2 Å². The van der Waals surface area contributed by atoms with Crippen LogP contribution in [0, 0.1) is 0 Å². The standard InChI is InChI=1S/C13H18.C12H16O2.C12H16.C11H14O/c1-10(2)12-8-7-11-5-3-4-6-13(11)9-12;1-9(2)10-4-5-11-12(8-10)14-7-3-6-13-11;1-9(2)11-7-6-10-4-3-5-12(10)8-11;1-8(2)10-4-3-9-5-6-12-11(9)7-10/h7-10H,3-6H2,1-2H3;4-5,8-9H,3,6-7H2,1-2H3;6-9H,3-5H2,1-2H3;3-4,7-8H,5-6H2,1-2H3. The van der Waals surface area contributed by atoms with Gasteiger partial charge in [-0.05, 0) is 137 Å². The van der Waals surface area contributed by atoms with Crippen molar-refractivity contribution in [1.82, 2.24) is 0 Å². The van der Waals surface area contributed by atoms with Gasteiger partial charge >= 0.3 is 0 Å². The summed E-state index contributed by atoms with van der Waals surface area (Å²) in [6, 6.07) is 26.8. The van der Waals surface area contributed by atoms with Crippen molar-refractivity contribution in [2.75, 3.05) is 19.8 Å². The molecule has 4 aromatic carbocycles. The zero-order chi connectivity index (χ0) is 36.3. The molecule has 4 aliphatic rings. The van der Waals surface area contributed by atoms with E-state index in [-0.39, 0.29) is 0 Å². The molecule has 0 saturated carbocycles. The molecule has 0 spiro atoms. The van der Waals surface area contributed by atoms with Gasteiger partial charge in [-0.2, -0.15) is 0 Å². The molecule has 0 atom stereocenters. The quantitative estimate of drug-likeness (QED) is 0.214. The minimum Gasteiger partial charge on any atom is -0.493 e. The highest BCUT2D eigenvalue weighted by Crippen LogP contribution is 2.33. The number of hydrogen-bond acceptors (Lipinski definition) is 3. The van der Waals surface area contributed by atoms with E-state index in [4.69, 9.17) is 14.2 Å². The van der Waals surface area contributed by atoms with Gasteiger partial charge in [0.2, 0.25) is 0 Å². The lowest BCUT2D eigenvalue weighted by atomic mass is 9.88. The number of hydrogen-bond donors (Lipinski definition) is 0. The average molecular weight is 689 g/mol. The van der Waals surface area contributed by atoms with E-state index in [0.717, 1.165) is 49.9 Å². The van der Waals surface area contributed by atoms with Crippen molar-refractivity contribution in [1.29, 1.82) is 0 Å². The third-order valence-electron chi connectivity index (χ3n) is 10.7. The monoisotopic (exact) mass is 688 g/mol. The second kappa shape index (κ2) is 18.7. The summed E-state index contributed by atoms with van der Waals surface area (Å²) in [6.07, 6.45) is 11.4. The van der Waals surface area contributed by atoms with Gasteiger partial charge in [-0.25, -0.2) is 0 Å². The van der Waals surface area contributed by atoms with Crippen LogP contribution in [0.1, 0.15) is 155 Å². The SMILES string of the molecule is CC(C)c1ccc2c(c1)CCC2.CC(C)c1ccc2c(c1)CCCC2.CC(C)c1ccc2c(c1)OCC2.CC(C)c1ccc2c(c1)OCCCO2. The molecule has 0 amide bonds. The first-order valence-electron chi connectivity index (χ1n) is 20.0. The Hall–Kier alpha value is -3.72. The van der Waals surface area contributed by atoms with Crippen molar-refractivity contribution in [3.05, 3.63) is 123 Å². The molecule has 0 aromatic heterocycles. The molecule has 274 valence electrons. The van der Waals surface area contributed by atoms with Crippen molar-refractivity contribution < 1.29 is 14.2 Å². The predicted molar refractivity (Wildman–Crippen MR) is 216 cm³/mol. The number of ether oxygens (including phenoxy) is 3. The van der Waals surface area contributed by atoms with Gasteiger partial charge in [-0.1, -0.05) is 110 Å². The van der Waals surface area contributed by atoms with Crippen molar-refractivity contribution in [3.8, 4) is 17.2 Å². The lowest BCUT2D eigenvalue weighted by Crippen LogP contribution is -2.03. The lowest BCUT2D eigenvalue weighted by Gasteiger charge is -2.17. The average Bonchev–Trinajstić information content (AvgIpc) is 3.75. The van der Waals surface area contributed by atoms with Gasteiger partial charge in [-0.3, -0.25) is 0 Å². The normalized spacial score (nSPS) is 15.3. The Morgan fingerprint density at radius 3 is 1.31 bits per heavy atom. The molecule has 2 aliphatic carbocycles. The van der Waals surface area contributed by atoms with E-state index >= 15 is 0 Å². The van der Waals surface area contributed by atoms with Crippen LogP contribution in [0.5, 0.6) is 17.2 Å².